The first-order chi connectivity index (χ1) is 2.41. The molecule has 0 aliphatic carbocycles. The fraction of sp³-hybridized carbons (Fsp3) is 0.333. The van der Waals surface area contributed by atoms with Crippen LogP contribution in [0.3, 0.4) is 0 Å². The van der Waals surface area contributed by atoms with E-state index in [1.165, 1.54) is 5.97 Å². The van der Waals surface area contributed by atoms with Gasteiger partial charge < -0.3 is 0 Å². The zero-order valence-corrected chi connectivity index (χ0v) is 3.10. The Hall–Kier alpha value is -0.575. The Morgan fingerprint density at radius 2 is 2.60 bits per heavy atom. The van der Waals surface area contributed by atoms with Gasteiger partial charge in [-0.25, -0.2) is 0 Å². The van der Waals surface area contributed by atoms with Crippen molar-refractivity contribution in [3.63, 3.8) is 0 Å². The van der Waals surface area contributed by atoms with Gasteiger partial charge in [-0.15, -0.1) is 0 Å². The Morgan fingerprint density at radius 3 is 2.60 bits per heavy atom. The Morgan fingerprint density at radius 1 is 2.00 bits per heavy atom. The molecule has 24 valence electrons. The molecule has 0 fully saturated rings. The summed E-state index contributed by atoms with van der Waals surface area (Å²) in [7, 11) is 0. The van der Waals surface area contributed by atoms with E-state index in [1.54, 1.807) is 6.92 Å². The maximum atomic E-state index is 7.73. The van der Waals surface area contributed by atoms with Crippen LogP contribution in [0.5, 0.6) is 0 Å². The van der Waals surface area contributed by atoms with Gasteiger partial charge in [0.2, 0.25) is 0 Å². The van der Waals surface area contributed by atoms with E-state index >= 15 is 0 Å². The first-order valence-electron chi connectivity index (χ1n) is 1.42. The van der Waals surface area contributed by atoms with Crippen LogP contribution in [0, 0.1) is 11.3 Å². The van der Waals surface area contributed by atoms with Gasteiger partial charge in [-0.1, -0.05) is 0 Å². The molecule has 0 aromatic heterocycles. The molecule has 0 radical (unpaired) electrons. The van der Waals surface area contributed by atoms with Crippen molar-refractivity contribution in [1.29, 1.82) is 5.26 Å². The van der Waals surface area contributed by atoms with Crippen molar-refractivity contribution >= 4 is 12.9 Å². The summed E-state index contributed by atoms with van der Waals surface area (Å²) >= 11 is 0. The average Bonchev–Trinajstić information content (AvgIpc) is 1.41. The van der Waals surface area contributed by atoms with Crippen molar-refractivity contribution in [2.24, 2.45) is 0 Å². The van der Waals surface area contributed by atoms with Crippen molar-refractivity contribution in [2.75, 3.05) is 0 Å². The standard InChI is InChI=1S/C3H4BN/c1-4-2-3-5/h2H,1H3. The number of hydrogen-bond acceptors (Lipinski definition) is 1. The first-order valence-corrected chi connectivity index (χ1v) is 1.42. The van der Waals surface area contributed by atoms with Gasteiger partial charge in [-0.2, -0.15) is 0 Å². The Labute approximate surface area is 32.1 Å². The molecule has 0 bridgehead atoms. The monoisotopic (exact) mass is 65.0 g/mol. The number of nitriles is 1. The molecule has 0 amide bonds. The van der Waals surface area contributed by atoms with Gasteiger partial charge in [0.05, 0.1) is 0 Å². The summed E-state index contributed by atoms with van der Waals surface area (Å²) in [5.74, 6) is 1.43. The van der Waals surface area contributed by atoms with Crippen LogP contribution in [0.25, 0.3) is 0 Å². The van der Waals surface area contributed by atoms with E-state index in [1.807, 2.05) is 12.9 Å². The molecule has 5 heavy (non-hydrogen) atoms. The Bertz CT molecular complexity index is 69.5. The van der Waals surface area contributed by atoms with E-state index in [0.717, 1.165) is 0 Å². The van der Waals surface area contributed by atoms with Crippen molar-refractivity contribution in [2.45, 2.75) is 6.82 Å². The summed E-state index contributed by atoms with van der Waals surface area (Å²) < 4.78 is 0. The summed E-state index contributed by atoms with van der Waals surface area (Å²) in [6, 6.07) is 1.84. The molecule has 0 heterocycles. The number of rotatable bonds is 0. The fourth-order valence-electron chi connectivity index (χ4n) is 0.0745. The van der Waals surface area contributed by atoms with Crippen LogP contribution in [-0.2, 0) is 0 Å². The molecule has 0 aliphatic rings. The normalized spacial score (nSPS) is 6.40. The number of hydrogen-bond donors (Lipinski definition) is 0. The van der Waals surface area contributed by atoms with Crippen LogP contribution < -0.4 is 0 Å². The molecule has 0 rings (SSSR count). The molecular formula is C3H4BN. The second-order valence-corrected chi connectivity index (χ2v) is 0.629. The zero-order chi connectivity index (χ0) is 4.12. The van der Waals surface area contributed by atoms with Gasteiger partial charge in [-0.3, -0.25) is 0 Å². The van der Waals surface area contributed by atoms with Crippen molar-refractivity contribution in [1.82, 2.24) is 0 Å². The molecule has 0 N–H and O–H groups in total. The van der Waals surface area contributed by atoms with Crippen molar-refractivity contribution < 1.29 is 0 Å². The van der Waals surface area contributed by atoms with Gasteiger partial charge in [0.1, 0.15) is 0 Å². The maximum absolute atomic E-state index is 7.73. The quantitative estimate of drug-likeness (QED) is 0.366. The molecule has 0 saturated heterocycles. The van der Waals surface area contributed by atoms with Crippen LogP contribution in [-0.4, -0.2) is 12.9 Å². The Kier molecular flexibility index (Phi) is 3.03. The van der Waals surface area contributed by atoms with E-state index in [9.17, 15) is 0 Å². The molecule has 0 unspecified atom stereocenters. The third kappa shape index (κ3) is 3.42. The van der Waals surface area contributed by atoms with Crippen LogP contribution in [0.15, 0.2) is 0 Å². The van der Waals surface area contributed by atoms with E-state index in [0.29, 0.717) is 0 Å². The Balaban J connectivity index is 3.04. The average molecular weight is 64.9 g/mol. The number of nitrogens with zero attached hydrogens (tertiary/aromatic N) is 1. The van der Waals surface area contributed by atoms with E-state index in [2.05, 4.69) is 0 Å². The van der Waals surface area contributed by atoms with Crippen molar-refractivity contribution in [3.8, 4) is 6.07 Å². The molecular weight excluding hydrogens is 60.9 g/mol. The molecule has 0 saturated carbocycles. The molecule has 1 nitrogen and oxygen atoms in total. The van der Waals surface area contributed by atoms with Crippen LogP contribution in [0.4, 0.5) is 0 Å². The fourth-order valence-corrected chi connectivity index (χ4v) is 0.0745. The second-order valence-electron chi connectivity index (χ2n) is 0.629. The summed E-state index contributed by atoms with van der Waals surface area (Å²) in [5.41, 5.74) is 0. The molecule has 0 atom stereocenters. The van der Waals surface area contributed by atoms with Gasteiger partial charge in [0.25, 0.3) is 0 Å². The van der Waals surface area contributed by atoms with Gasteiger partial charge in [0, 0.05) is 0 Å². The van der Waals surface area contributed by atoms with Crippen LogP contribution in [0.1, 0.15) is 0 Å². The molecule has 0 aromatic rings. The topological polar surface area (TPSA) is 23.8 Å². The third-order valence-electron chi connectivity index (χ3n) is 0.241. The van der Waals surface area contributed by atoms with E-state index in [-0.39, 0.29) is 0 Å². The predicted octanol–water partition coefficient (Wildman–Crippen LogP) is 0.0645. The van der Waals surface area contributed by atoms with Gasteiger partial charge >= 0.3 is 31.0 Å². The predicted molar refractivity (Wildman–Crippen MR) is 23.3 cm³/mol. The first kappa shape index (κ1) is 4.42. The van der Waals surface area contributed by atoms with Crippen LogP contribution >= 0.6 is 0 Å². The van der Waals surface area contributed by atoms with Crippen molar-refractivity contribution in [3.05, 3.63) is 0 Å². The van der Waals surface area contributed by atoms with E-state index in [4.69, 9.17) is 5.26 Å². The summed E-state index contributed by atoms with van der Waals surface area (Å²) in [5, 5.41) is 7.73. The summed E-state index contributed by atoms with van der Waals surface area (Å²) in [6.45, 7) is 3.50. The minimum absolute atomic E-state index is 1.43. The molecule has 0 spiro atoms. The molecule has 2 heteroatoms. The summed E-state index contributed by atoms with van der Waals surface area (Å²) in [4.78, 5) is 0. The van der Waals surface area contributed by atoms with Crippen LogP contribution in [0.2, 0.25) is 6.82 Å². The molecule has 0 aromatic carbocycles. The van der Waals surface area contributed by atoms with Gasteiger partial charge in [-0.05, 0) is 0 Å². The third-order valence-corrected chi connectivity index (χ3v) is 0.241. The SMILES string of the molecule is CB=CC#N. The summed E-state index contributed by atoms with van der Waals surface area (Å²) in [6.07, 6.45) is 0. The van der Waals surface area contributed by atoms with E-state index < -0.39 is 0 Å². The second kappa shape index (κ2) is 3.42. The minimum atomic E-state index is 1.43. The molecule has 0 aliphatic heterocycles. The zero-order valence-electron chi connectivity index (χ0n) is 3.10. The van der Waals surface area contributed by atoms with Gasteiger partial charge in [0.15, 0.2) is 0 Å².